The molecular weight excluding hydrogens is 294 g/mol. The van der Waals surface area contributed by atoms with E-state index in [2.05, 4.69) is 5.32 Å². The number of piperidine rings is 1. The van der Waals surface area contributed by atoms with Gasteiger partial charge in [-0.3, -0.25) is 0 Å². The molecule has 2 atom stereocenters. The fraction of sp³-hybridized carbons (Fsp3) is 0.923. The third-order valence-electron chi connectivity index (χ3n) is 4.06. The number of sulfonamides is 1. The molecular formula is C13H25N3O4S. The van der Waals surface area contributed by atoms with Crippen molar-refractivity contribution in [1.82, 2.24) is 14.5 Å². The van der Waals surface area contributed by atoms with Gasteiger partial charge in [-0.15, -0.1) is 0 Å². The molecule has 0 bridgehead atoms. The van der Waals surface area contributed by atoms with E-state index < -0.39 is 10.0 Å². The van der Waals surface area contributed by atoms with Crippen LogP contribution in [0.15, 0.2) is 0 Å². The molecule has 0 aromatic rings. The molecule has 2 amide bonds. The molecule has 0 aromatic heterocycles. The molecule has 122 valence electrons. The highest BCUT2D eigenvalue weighted by Gasteiger charge is 2.29. The molecule has 0 spiro atoms. The number of amides is 2. The first-order chi connectivity index (χ1) is 9.90. The lowest BCUT2D eigenvalue weighted by Crippen LogP contribution is -2.55. The lowest BCUT2D eigenvalue weighted by Gasteiger charge is -2.36. The molecule has 2 unspecified atom stereocenters. The van der Waals surface area contributed by atoms with Gasteiger partial charge in [-0.25, -0.2) is 17.5 Å². The summed E-state index contributed by atoms with van der Waals surface area (Å²) in [6, 6.07) is -0.221. The number of hydrogen-bond donors (Lipinski definition) is 1. The third kappa shape index (κ3) is 4.55. The Morgan fingerprint density at radius 1 is 1.33 bits per heavy atom. The maximum Gasteiger partial charge on any atom is 0.317 e. The molecule has 2 aliphatic rings. The molecule has 2 aliphatic heterocycles. The highest BCUT2D eigenvalue weighted by molar-refractivity contribution is 7.88. The summed E-state index contributed by atoms with van der Waals surface area (Å²) in [5.74, 6) is 0. The summed E-state index contributed by atoms with van der Waals surface area (Å²) in [6.45, 7) is 4.70. The first-order valence-electron chi connectivity index (χ1n) is 7.52. The first kappa shape index (κ1) is 16.5. The van der Waals surface area contributed by atoms with Gasteiger partial charge >= 0.3 is 6.03 Å². The van der Waals surface area contributed by atoms with Crippen molar-refractivity contribution in [2.24, 2.45) is 0 Å². The zero-order valence-electron chi connectivity index (χ0n) is 12.7. The van der Waals surface area contributed by atoms with E-state index >= 15 is 0 Å². The Balaban J connectivity index is 1.87. The molecule has 0 aliphatic carbocycles. The average molecular weight is 319 g/mol. The summed E-state index contributed by atoms with van der Waals surface area (Å²) < 4.78 is 30.2. The number of ether oxygens (including phenoxy) is 1. The Hall–Kier alpha value is -0.860. The van der Waals surface area contributed by atoms with E-state index in [1.54, 1.807) is 4.90 Å². The minimum Gasteiger partial charge on any atom is -0.375 e. The van der Waals surface area contributed by atoms with Crippen LogP contribution in [-0.2, 0) is 14.8 Å². The highest BCUT2D eigenvalue weighted by Crippen LogP contribution is 2.14. The van der Waals surface area contributed by atoms with E-state index in [1.165, 1.54) is 10.6 Å². The number of nitrogens with one attached hydrogen (secondary N) is 1. The topological polar surface area (TPSA) is 79.0 Å². The molecule has 2 rings (SSSR count). The number of carbonyl (C=O) groups excluding carboxylic acids is 1. The fourth-order valence-corrected chi connectivity index (χ4v) is 3.69. The van der Waals surface area contributed by atoms with Crippen LogP contribution in [-0.4, -0.2) is 74.8 Å². The summed E-state index contributed by atoms with van der Waals surface area (Å²) in [4.78, 5) is 14.0. The molecule has 7 nitrogen and oxygen atoms in total. The van der Waals surface area contributed by atoms with Crippen molar-refractivity contribution in [1.29, 1.82) is 0 Å². The Bertz CT molecular complexity index is 468. The predicted molar refractivity (Wildman–Crippen MR) is 79.6 cm³/mol. The second-order valence-electron chi connectivity index (χ2n) is 5.76. The normalized spacial score (nSPS) is 28.4. The van der Waals surface area contributed by atoms with Gasteiger partial charge in [0, 0.05) is 32.2 Å². The quantitative estimate of drug-likeness (QED) is 0.808. The van der Waals surface area contributed by atoms with E-state index in [1.807, 2.05) is 6.92 Å². The second kappa shape index (κ2) is 6.93. The molecule has 0 saturated carbocycles. The monoisotopic (exact) mass is 319 g/mol. The average Bonchev–Trinajstić information content (AvgIpc) is 2.46. The number of urea groups is 1. The van der Waals surface area contributed by atoms with Crippen molar-refractivity contribution < 1.29 is 17.9 Å². The van der Waals surface area contributed by atoms with Gasteiger partial charge in [0.25, 0.3) is 0 Å². The SMILES string of the molecule is CCC1CN(C(=O)NC2CCCN(S(C)(=O)=O)C2)CCO1. The maximum absolute atomic E-state index is 12.3. The van der Waals surface area contributed by atoms with Crippen molar-refractivity contribution in [3.8, 4) is 0 Å². The summed E-state index contributed by atoms with van der Waals surface area (Å²) in [5.41, 5.74) is 0. The second-order valence-corrected chi connectivity index (χ2v) is 7.74. The van der Waals surface area contributed by atoms with Gasteiger partial charge in [0.1, 0.15) is 0 Å². The summed E-state index contributed by atoms with van der Waals surface area (Å²) in [7, 11) is -3.18. The van der Waals surface area contributed by atoms with Gasteiger partial charge in [-0.1, -0.05) is 6.92 Å². The van der Waals surface area contributed by atoms with Gasteiger partial charge in [-0.2, -0.15) is 0 Å². The number of rotatable bonds is 3. The molecule has 0 radical (unpaired) electrons. The predicted octanol–water partition coefficient (Wildman–Crippen LogP) is 0.231. The maximum atomic E-state index is 12.3. The van der Waals surface area contributed by atoms with Crippen molar-refractivity contribution in [2.75, 3.05) is 39.0 Å². The van der Waals surface area contributed by atoms with Crippen LogP contribution in [0.5, 0.6) is 0 Å². The van der Waals surface area contributed by atoms with Gasteiger partial charge in [0.15, 0.2) is 0 Å². The molecule has 2 heterocycles. The van der Waals surface area contributed by atoms with E-state index in [9.17, 15) is 13.2 Å². The summed E-state index contributed by atoms with van der Waals surface area (Å²) in [6.07, 6.45) is 3.79. The van der Waals surface area contributed by atoms with Crippen LogP contribution < -0.4 is 5.32 Å². The zero-order chi connectivity index (χ0) is 15.5. The standard InChI is InChI=1S/C13H25N3O4S/c1-3-12-10-15(7-8-20-12)13(17)14-11-5-4-6-16(9-11)21(2,18)19/h11-12H,3-10H2,1-2H3,(H,14,17). The number of nitrogens with zero attached hydrogens (tertiary/aromatic N) is 2. The lowest BCUT2D eigenvalue weighted by molar-refractivity contribution is -0.0159. The minimum absolute atomic E-state index is 0.100. The number of morpholine rings is 1. The van der Waals surface area contributed by atoms with Gasteiger partial charge in [0.05, 0.1) is 19.0 Å². The van der Waals surface area contributed by atoms with Crippen molar-refractivity contribution in [3.05, 3.63) is 0 Å². The fourth-order valence-electron chi connectivity index (χ4n) is 2.78. The first-order valence-corrected chi connectivity index (χ1v) is 9.37. The molecule has 21 heavy (non-hydrogen) atoms. The van der Waals surface area contributed by atoms with Crippen LogP contribution in [0, 0.1) is 0 Å². The molecule has 2 saturated heterocycles. The third-order valence-corrected chi connectivity index (χ3v) is 5.33. The zero-order valence-corrected chi connectivity index (χ0v) is 13.6. The minimum atomic E-state index is -3.18. The van der Waals surface area contributed by atoms with Crippen molar-refractivity contribution in [3.63, 3.8) is 0 Å². The van der Waals surface area contributed by atoms with Gasteiger partial charge in [-0.05, 0) is 19.3 Å². The van der Waals surface area contributed by atoms with Gasteiger partial charge in [0.2, 0.25) is 10.0 Å². The largest absolute Gasteiger partial charge is 0.375 e. The molecule has 1 N–H and O–H groups in total. The number of carbonyl (C=O) groups is 1. The highest BCUT2D eigenvalue weighted by atomic mass is 32.2. The summed E-state index contributed by atoms with van der Waals surface area (Å²) in [5, 5.41) is 2.96. The van der Waals surface area contributed by atoms with Crippen LogP contribution in [0.25, 0.3) is 0 Å². The summed E-state index contributed by atoms with van der Waals surface area (Å²) >= 11 is 0. The van der Waals surface area contributed by atoms with Crippen LogP contribution in [0.3, 0.4) is 0 Å². The van der Waals surface area contributed by atoms with Crippen LogP contribution in [0.4, 0.5) is 4.79 Å². The Labute approximate surface area is 126 Å². The Morgan fingerprint density at radius 2 is 2.10 bits per heavy atom. The lowest BCUT2D eigenvalue weighted by atomic mass is 10.1. The van der Waals surface area contributed by atoms with Crippen molar-refractivity contribution in [2.45, 2.75) is 38.3 Å². The molecule has 2 fully saturated rings. The van der Waals surface area contributed by atoms with Crippen molar-refractivity contribution >= 4 is 16.1 Å². The van der Waals surface area contributed by atoms with E-state index in [-0.39, 0.29) is 18.2 Å². The van der Waals surface area contributed by atoms with Gasteiger partial charge < -0.3 is 15.0 Å². The van der Waals surface area contributed by atoms with E-state index in [0.717, 1.165) is 19.3 Å². The van der Waals surface area contributed by atoms with Crippen LogP contribution in [0.2, 0.25) is 0 Å². The number of hydrogen-bond acceptors (Lipinski definition) is 4. The molecule has 8 heteroatoms. The van der Waals surface area contributed by atoms with Crippen LogP contribution in [0.1, 0.15) is 26.2 Å². The van der Waals surface area contributed by atoms with E-state index in [4.69, 9.17) is 4.74 Å². The Morgan fingerprint density at radius 3 is 2.76 bits per heavy atom. The smallest absolute Gasteiger partial charge is 0.317 e. The molecule has 0 aromatic carbocycles. The Kier molecular flexibility index (Phi) is 5.45. The van der Waals surface area contributed by atoms with E-state index in [0.29, 0.717) is 32.8 Å². The van der Waals surface area contributed by atoms with Crippen LogP contribution >= 0.6 is 0 Å².